The van der Waals surface area contributed by atoms with E-state index in [1.165, 1.54) is 11.3 Å². The molecule has 0 saturated carbocycles. The Morgan fingerprint density at radius 1 is 0.755 bits per heavy atom. The number of nitrogens with zero attached hydrogens (tertiary/aromatic N) is 4. The van der Waals surface area contributed by atoms with Crippen LogP contribution in [0.2, 0.25) is 0 Å². The SMILES string of the molecule is C=CC(=C)N=NC(=C1C=C(C(C)(C)C)C(=O)C(C(C)(C)C)=C1)c1ccc(C(/N=N/C(C)=C/C)=C2/C=C(C(C)(C)C)C(=O)C(C(C)(C)C)C2)s1. The van der Waals surface area contributed by atoms with Gasteiger partial charge < -0.3 is 0 Å². The van der Waals surface area contributed by atoms with E-state index in [-0.39, 0.29) is 39.1 Å². The third-order valence-electron chi connectivity index (χ3n) is 8.77. The van der Waals surface area contributed by atoms with E-state index in [1.54, 1.807) is 6.08 Å². The van der Waals surface area contributed by atoms with Crippen molar-refractivity contribution >= 4 is 34.3 Å². The van der Waals surface area contributed by atoms with Crippen LogP contribution in [0.5, 0.6) is 0 Å². The first kappa shape index (κ1) is 39.6. The Hall–Kier alpha value is -3.84. The molecule has 1 aromatic heterocycles. The van der Waals surface area contributed by atoms with Gasteiger partial charge in [-0.3, -0.25) is 9.59 Å². The zero-order chi connectivity index (χ0) is 37.3. The molecule has 262 valence electrons. The maximum Gasteiger partial charge on any atom is 0.186 e. The van der Waals surface area contributed by atoms with Crippen molar-refractivity contribution in [3.05, 3.63) is 105 Å². The molecule has 0 saturated heterocycles. The van der Waals surface area contributed by atoms with Crippen LogP contribution in [0.3, 0.4) is 0 Å². The van der Waals surface area contributed by atoms with Crippen molar-refractivity contribution in [3.63, 3.8) is 0 Å². The summed E-state index contributed by atoms with van der Waals surface area (Å²) in [5.74, 6) is 0.0456. The first-order valence-corrected chi connectivity index (χ1v) is 17.8. The van der Waals surface area contributed by atoms with Crippen LogP contribution in [0.15, 0.2) is 115 Å². The lowest BCUT2D eigenvalue weighted by Gasteiger charge is -2.37. The van der Waals surface area contributed by atoms with Crippen molar-refractivity contribution in [2.75, 3.05) is 0 Å². The quantitative estimate of drug-likeness (QED) is 0.212. The number of Topliss-reactive ketones (excluding diaryl/α,β-unsaturated/α-hetero) is 2. The average Bonchev–Trinajstić information content (AvgIpc) is 3.45. The van der Waals surface area contributed by atoms with Crippen LogP contribution in [0.25, 0.3) is 11.4 Å². The van der Waals surface area contributed by atoms with E-state index in [1.807, 2.05) is 50.3 Å². The van der Waals surface area contributed by atoms with Gasteiger partial charge in [-0.1, -0.05) is 102 Å². The summed E-state index contributed by atoms with van der Waals surface area (Å²) in [6.07, 6.45) is 9.99. The van der Waals surface area contributed by atoms with E-state index in [4.69, 9.17) is 10.2 Å². The largest absolute Gasteiger partial charge is 0.294 e. The van der Waals surface area contributed by atoms with E-state index in [0.717, 1.165) is 49.0 Å². The molecule has 0 fully saturated rings. The summed E-state index contributed by atoms with van der Waals surface area (Å²) in [6, 6.07) is 4.06. The molecule has 1 heterocycles. The van der Waals surface area contributed by atoms with Gasteiger partial charge in [-0.25, -0.2) is 0 Å². The predicted octanol–water partition coefficient (Wildman–Crippen LogP) is 12.8. The van der Waals surface area contributed by atoms with Gasteiger partial charge in [-0.2, -0.15) is 10.2 Å². The zero-order valence-electron chi connectivity index (χ0n) is 32.3. The van der Waals surface area contributed by atoms with Crippen LogP contribution >= 0.6 is 11.3 Å². The first-order valence-electron chi connectivity index (χ1n) is 17.0. The Morgan fingerprint density at radius 3 is 1.69 bits per heavy atom. The number of azo groups is 2. The molecular weight excluding hydrogens is 625 g/mol. The Balaban J connectivity index is 2.45. The van der Waals surface area contributed by atoms with Crippen molar-refractivity contribution in [1.29, 1.82) is 0 Å². The summed E-state index contributed by atoms with van der Waals surface area (Å²) in [5.41, 5.74) is 5.24. The molecule has 6 nitrogen and oxygen atoms in total. The highest BCUT2D eigenvalue weighted by Gasteiger charge is 2.41. The molecule has 49 heavy (non-hydrogen) atoms. The van der Waals surface area contributed by atoms with Gasteiger partial charge in [0.1, 0.15) is 11.4 Å². The maximum absolute atomic E-state index is 13.8. The number of ketones is 2. The monoisotopic (exact) mass is 680 g/mol. The van der Waals surface area contributed by atoms with Gasteiger partial charge in [0.25, 0.3) is 0 Å². The molecule has 0 N–H and O–H groups in total. The average molecular weight is 681 g/mol. The zero-order valence-corrected chi connectivity index (χ0v) is 33.1. The smallest absolute Gasteiger partial charge is 0.186 e. The molecule has 0 spiro atoms. The summed E-state index contributed by atoms with van der Waals surface area (Å²) in [7, 11) is 0. The first-order chi connectivity index (χ1) is 22.4. The Kier molecular flexibility index (Phi) is 11.8. The van der Waals surface area contributed by atoms with Gasteiger partial charge in [0, 0.05) is 28.2 Å². The number of carbonyl (C=O) groups excluding carboxylic acids is 2. The maximum atomic E-state index is 13.8. The Bertz CT molecular complexity index is 1750. The molecule has 0 aliphatic heterocycles. The molecule has 1 unspecified atom stereocenters. The van der Waals surface area contributed by atoms with Crippen molar-refractivity contribution in [2.45, 2.75) is 103 Å². The van der Waals surface area contributed by atoms with Crippen LogP contribution < -0.4 is 0 Å². The third-order valence-corrected chi connectivity index (χ3v) is 9.87. The minimum atomic E-state index is -0.387. The number of carbonyl (C=O) groups is 2. The second-order valence-corrected chi connectivity index (χ2v) is 18.2. The lowest BCUT2D eigenvalue weighted by Crippen LogP contribution is -2.36. The highest BCUT2D eigenvalue weighted by Crippen LogP contribution is 2.46. The fourth-order valence-electron chi connectivity index (χ4n) is 5.59. The van der Waals surface area contributed by atoms with Crippen LogP contribution in [-0.4, -0.2) is 11.6 Å². The van der Waals surface area contributed by atoms with E-state index >= 15 is 0 Å². The topological polar surface area (TPSA) is 83.6 Å². The van der Waals surface area contributed by atoms with Gasteiger partial charge in [0.05, 0.1) is 21.1 Å². The normalized spacial score (nSPS) is 19.7. The fourth-order valence-corrected chi connectivity index (χ4v) is 6.62. The van der Waals surface area contributed by atoms with Crippen molar-refractivity contribution in [3.8, 4) is 0 Å². The second kappa shape index (κ2) is 14.6. The molecule has 7 heteroatoms. The van der Waals surface area contributed by atoms with Gasteiger partial charge in [0.15, 0.2) is 11.6 Å². The summed E-state index contributed by atoms with van der Waals surface area (Å²) in [4.78, 5) is 29.4. The molecule has 3 rings (SSSR count). The summed E-state index contributed by atoms with van der Waals surface area (Å²) in [5, 5.41) is 18.5. The molecule has 0 radical (unpaired) electrons. The lowest BCUT2D eigenvalue weighted by atomic mass is 9.66. The van der Waals surface area contributed by atoms with E-state index in [0.29, 0.717) is 17.8 Å². The number of rotatable bonds is 7. The highest BCUT2D eigenvalue weighted by molar-refractivity contribution is 7.14. The minimum absolute atomic E-state index is 0.0517. The summed E-state index contributed by atoms with van der Waals surface area (Å²) >= 11 is 1.54. The van der Waals surface area contributed by atoms with Crippen LogP contribution in [-0.2, 0) is 9.59 Å². The van der Waals surface area contributed by atoms with Crippen molar-refractivity contribution in [2.24, 2.45) is 48.0 Å². The van der Waals surface area contributed by atoms with Crippen LogP contribution in [0.4, 0.5) is 0 Å². The molecule has 1 atom stereocenters. The molecule has 2 aliphatic rings. The number of allylic oxidation sites excluding steroid dienone is 11. The molecule has 1 aromatic rings. The Labute approximate surface area is 299 Å². The molecular formula is C42H56N4O2S. The number of hydrogen-bond acceptors (Lipinski definition) is 7. The predicted molar refractivity (Wildman–Crippen MR) is 207 cm³/mol. The highest BCUT2D eigenvalue weighted by atomic mass is 32.1. The number of hydrogen-bond donors (Lipinski definition) is 0. The lowest BCUT2D eigenvalue weighted by molar-refractivity contribution is -0.123. The van der Waals surface area contributed by atoms with Crippen molar-refractivity contribution < 1.29 is 9.59 Å². The number of thiophene rings is 1. The van der Waals surface area contributed by atoms with Gasteiger partial charge in [-0.15, -0.1) is 21.6 Å². The van der Waals surface area contributed by atoms with Gasteiger partial charge in [-0.05, 0) is 83.9 Å². The third kappa shape index (κ3) is 9.45. The van der Waals surface area contributed by atoms with E-state index < -0.39 is 0 Å². The van der Waals surface area contributed by atoms with Crippen LogP contribution in [0.1, 0.15) is 113 Å². The second-order valence-electron chi connectivity index (χ2n) is 17.1. The molecule has 0 amide bonds. The van der Waals surface area contributed by atoms with Gasteiger partial charge in [0.2, 0.25) is 0 Å². The standard InChI is InChI=1S/C42H56N4O2S/c1-17-25(3)43-45-35(27-21-29(39(5,6)7)37(47)30(22-27)40(8,9)10)33-19-20-34(49-33)36(46-44-26(4)18-2)28-23-31(41(11,12)13)38(48)32(24-28)42(14,15)16/h17-23,32H,1,3,24H2,2,4-16H3/b26-18+,36-28+,45-43?,46-44+. The molecule has 0 bridgehead atoms. The minimum Gasteiger partial charge on any atom is -0.294 e. The molecule has 0 aromatic carbocycles. The summed E-state index contributed by atoms with van der Waals surface area (Å²) < 4.78 is 0. The van der Waals surface area contributed by atoms with Gasteiger partial charge >= 0.3 is 0 Å². The van der Waals surface area contributed by atoms with Crippen molar-refractivity contribution in [1.82, 2.24) is 0 Å². The van der Waals surface area contributed by atoms with Crippen LogP contribution in [0, 0.1) is 27.6 Å². The fraction of sp³-hybridized carbons (Fsp3) is 0.476. The van der Waals surface area contributed by atoms with E-state index in [2.05, 4.69) is 106 Å². The Morgan fingerprint density at radius 2 is 1.24 bits per heavy atom. The summed E-state index contributed by atoms with van der Waals surface area (Å²) in [6.45, 7) is 36.6. The van der Waals surface area contributed by atoms with E-state index in [9.17, 15) is 9.59 Å². The molecule has 2 aliphatic carbocycles.